The zero-order valence-electron chi connectivity index (χ0n) is 17.4. The molecule has 1 aliphatic heterocycles. The van der Waals surface area contributed by atoms with E-state index in [2.05, 4.69) is 12.2 Å². The molecule has 2 fully saturated rings. The van der Waals surface area contributed by atoms with Crippen LogP contribution in [0, 0.1) is 11.8 Å². The molecule has 0 bridgehead atoms. The van der Waals surface area contributed by atoms with Crippen LogP contribution in [0.1, 0.15) is 69.2 Å². The van der Waals surface area contributed by atoms with Crippen molar-refractivity contribution in [2.45, 2.75) is 69.7 Å². The average molecular weight is 421 g/mol. The first-order chi connectivity index (χ1) is 13.8. The van der Waals surface area contributed by atoms with Crippen LogP contribution in [-0.4, -0.2) is 43.5 Å². The van der Waals surface area contributed by atoms with Crippen molar-refractivity contribution in [2.75, 3.05) is 13.1 Å². The summed E-state index contributed by atoms with van der Waals surface area (Å²) in [6.07, 6.45) is 6.76. The molecule has 3 rings (SSSR count). The van der Waals surface area contributed by atoms with Crippen LogP contribution in [0.4, 0.5) is 0 Å². The number of sulfonamides is 1. The molecule has 0 aromatic heterocycles. The summed E-state index contributed by atoms with van der Waals surface area (Å²) in [6.45, 7) is 4.37. The van der Waals surface area contributed by atoms with Gasteiger partial charge in [0.15, 0.2) is 5.78 Å². The highest BCUT2D eigenvalue weighted by molar-refractivity contribution is 7.89. The van der Waals surface area contributed by atoms with E-state index in [1.807, 2.05) is 0 Å². The van der Waals surface area contributed by atoms with Crippen LogP contribution in [0.25, 0.3) is 0 Å². The minimum atomic E-state index is -3.60. The third-order valence-corrected chi connectivity index (χ3v) is 8.41. The van der Waals surface area contributed by atoms with Crippen molar-refractivity contribution in [3.63, 3.8) is 0 Å². The fourth-order valence-corrected chi connectivity index (χ4v) is 5.87. The summed E-state index contributed by atoms with van der Waals surface area (Å²) in [6, 6.07) is 6.33. The number of amides is 1. The van der Waals surface area contributed by atoms with Crippen molar-refractivity contribution < 1.29 is 18.0 Å². The van der Waals surface area contributed by atoms with Gasteiger partial charge in [0.05, 0.1) is 4.90 Å². The first kappa shape index (κ1) is 22.0. The number of hydrogen-bond acceptors (Lipinski definition) is 4. The molecule has 0 unspecified atom stereocenters. The molecule has 0 spiro atoms. The Morgan fingerprint density at radius 1 is 1.00 bits per heavy atom. The Morgan fingerprint density at radius 2 is 1.59 bits per heavy atom. The molecule has 6 nitrogen and oxygen atoms in total. The van der Waals surface area contributed by atoms with Crippen molar-refractivity contribution in [2.24, 2.45) is 11.8 Å². The monoisotopic (exact) mass is 420 g/mol. The van der Waals surface area contributed by atoms with Gasteiger partial charge in [-0.05, 0) is 63.5 Å². The van der Waals surface area contributed by atoms with Gasteiger partial charge in [0.1, 0.15) is 0 Å². The number of nitrogens with one attached hydrogen (secondary N) is 1. The van der Waals surface area contributed by atoms with Crippen LogP contribution in [0.3, 0.4) is 0 Å². The number of carbonyl (C=O) groups excluding carboxylic acids is 2. The van der Waals surface area contributed by atoms with E-state index in [1.54, 1.807) is 12.1 Å². The Balaban J connectivity index is 1.52. The lowest BCUT2D eigenvalue weighted by Gasteiger charge is -2.33. The van der Waals surface area contributed by atoms with Gasteiger partial charge in [-0.1, -0.05) is 25.5 Å². The highest BCUT2D eigenvalue weighted by Gasteiger charge is 2.33. The molecule has 0 atom stereocenters. The van der Waals surface area contributed by atoms with Crippen LogP contribution in [0.5, 0.6) is 0 Å². The van der Waals surface area contributed by atoms with Gasteiger partial charge in [-0.2, -0.15) is 4.31 Å². The Bertz CT molecular complexity index is 819. The predicted molar refractivity (Wildman–Crippen MR) is 112 cm³/mol. The molecule has 1 heterocycles. The van der Waals surface area contributed by atoms with E-state index in [1.165, 1.54) is 42.6 Å². The second kappa shape index (κ2) is 9.39. The number of ketones is 1. The zero-order chi connectivity index (χ0) is 21.0. The lowest BCUT2D eigenvalue weighted by Crippen LogP contribution is -2.46. The van der Waals surface area contributed by atoms with E-state index in [0.717, 1.165) is 18.8 Å². The highest BCUT2D eigenvalue weighted by atomic mass is 32.2. The van der Waals surface area contributed by atoms with E-state index < -0.39 is 10.0 Å². The Labute approximate surface area is 174 Å². The second-order valence-electron chi connectivity index (χ2n) is 8.39. The van der Waals surface area contributed by atoms with Gasteiger partial charge in [0, 0.05) is 30.6 Å². The summed E-state index contributed by atoms with van der Waals surface area (Å²) in [5.74, 6) is 0.656. The lowest BCUT2D eigenvalue weighted by atomic mass is 9.84. The third-order valence-electron chi connectivity index (χ3n) is 6.49. The molecule has 1 N–H and O–H groups in total. The highest BCUT2D eigenvalue weighted by Crippen LogP contribution is 2.28. The minimum Gasteiger partial charge on any atom is -0.353 e. The maximum Gasteiger partial charge on any atom is 0.243 e. The van der Waals surface area contributed by atoms with Crippen molar-refractivity contribution in [1.82, 2.24) is 9.62 Å². The Morgan fingerprint density at radius 3 is 2.10 bits per heavy atom. The SMILES string of the molecule is CCC1CCC(NC(=O)C2CCN(S(=O)(=O)c3ccc(C(C)=O)cc3)CC2)CC1. The number of piperidine rings is 1. The van der Waals surface area contributed by atoms with Crippen molar-refractivity contribution in [1.29, 1.82) is 0 Å². The maximum absolute atomic E-state index is 12.9. The van der Waals surface area contributed by atoms with Crippen molar-refractivity contribution >= 4 is 21.7 Å². The summed E-state index contributed by atoms with van der Waals surface area (Å²) in [4.78, 5) is 24.2. The molecule has 1 aliphatic carbocycles. The number of carbonyl (C=O) groups is 2. The number of nitrogens with zero attached hydrogens (tertiary/aromatic N) is 1. The van der Waals surface area contributed by atoms with Crippen LogP contribution in [-0.2, 0) is 14.8 Å². The topological polar surface area (TPSA) is 83.6 Å². The van der Waals surface area contributed by atoms with E-state index in [-0.39, 0.29) is 28.5 Å². The van der Waals surface area contributed by atoms with Gasteiger partial charge in [-0.25, -0.2) is 8.42 Å². The Kier molecular flexibility index (Phi) is 7.11. The molecular weight excluding hydrogens is 388 g/mol. The standard InChI is InChI=1S/C22H32N2O4S/c1-3-17-4-8-20(9-5-17)23-22(26)19-12-14-24(15-13-19)29(27,28)21-10-6-18(7-11-21)16(2)25/h6-7,10-11,17,19-20H,3-5,8-9,12-15H2,1-2H3,(H,23,26). The maximum atomic E-state index is 12.9. The quantitative estimate of drug-likeness (QED) is 0.715. The molecule has 2 aliphatic rings. The number of hydrogen-bond donors (Lipinski definition) is 1. The third kappa shape index (κ3) is 5.25. The summed E-state index contributed by atoms with van der Waals surface area (Å²) < 4.78 is 27.2. The van der Waals surface area contributed by atoms with Crippen LogP contribution >= 0.6 is 0 Å². The van der Waals surface area contributed by atoms with Gasteiger partial charge in [0.2, 0.25) is 15.9 Å². The summed E-state index contributed by atoms with van der Waals surface area (Å²) in [5.41, 5.74) is 0.493. The molecule has 0 radical (unpaired) electrons. The fraction of sp³-hybridized carbons (Fsp3) is 0.636. The first-order valence-corrected chi connectivity index (χ1v) is 12.2. The minimum absolute atomic E-state index is 0.0767. The average Bonchev–Trinajstić information content (AvgIpc) is 2.74. The molecule has 1 amide bonds. The van der Waals surface area contributed by atoms with E-state index >= 15 is 0 Å². The largest absolute Gasteiger partial charge is 0.353 e. The number of rotatable bonds is 6. The fourth-order valence-electron chi connectivity index (χ4n) is 4.40. The first-order valence-electron chi connectivity index (χ1n) is 10.7. The van der Waals surface area contributed by atoms with Crippen molar-refractivity contribution in [3.8, 4) is 0 Å². The molecule has 160 valence electrons. The molecule has 7 heteroatoms. The van der Waals surface area contributed by atoms with E-state index in [9.17, 15) is 18.0 Å². The molecule has 1 saturated heterocycles. The van der Waals surface area contributed by atoms with Gasteiger partial charge in [-0.15, -0.1) is 0 Å². The summed E-state index contributed by atoms with van der Waals surface area (Å²) in [7, 11) is -3.60. The molecule has 29 heavy (non-hydrogen) atoms. The van der Waals surface area contributed by atoms with Crippen LogP contribution < -0.4 is 5.32 Å². The number of benzene rings is 1. The molecule has 1 aromatic carbocycles. The van der Waals surface area contributed by atoms with Gasteiger partial charge < -0.3 is 5.32 Å². The van der Waals surface area contributed by atoms with Gasteiger partial charge in [0.25, 0.3) is 0 Å². The summed E-state index contributed by atoms with van der Waals surface area (Å²) >= 11 is 0. The molecule has 1 aromatic rings. The van der Waals surface area contributed by atoms with Crippen LogP contribution in [0.15, 0.2) is 29.2 Å². The van der Waals surface area contributed by atoms with Crippen molar-refractivity contribution in [3.05, 3.63) is 29.8 Å². The molecular formula is C22H32N2O4S. The smallest absolute Gasteiger partial charge is 0.243 e. The zero-order valence-corrected chi connectivity index (χ0v) is 18.2. The van der Waals surface area contributed by atoms with Gasteiger partial charge in [-0.3, -0.25) is 9.59 Å². The molecule has 1 saturated carbocycles. The number of Topliss-reactive ketones (excluding diaryl/α,β-unsaturated/α-hetero) is 1. The van der Waals surface area contributed by atoms with E-state index in [0.29, 0.717) is 31.5 Å². The predicted octanol–water partition coefficient (Wildman–Crippen LogP) is 3.37. The lowest BCUT2D eigenvalue weighted by molar-refractivity contribution is -0.127. The normalized spacial score (nSPS) is 24.2. The second-order valence-corrected chi connectivity index (χ2v) is 10.3. The Hall–Kier alpha value is -1.73. The van der Waals surface area contributed by atoms with E-state index in [4.69, 9.17) is 0 Å². The van der Waals surface area contributed by atoms with Crippen LogP contribution in [0.2, 0.25) is 0 Å². The summed E-state index contributed by atoms with van der Waals surface area (Å²) in [5, 5.41) is 3.20. The van der Waals surface area contributed by atoms with Gasteiger partial charge >= 0.3 is 0 Å².